The smallest absolute Gasteiger partial charge is 0.389 e. The van der Waals surface area contributed by atoms with Gasteiger partial charge in [-0.05, 0) is 0 Å². The van der Waals surface area contributed by atoms with Crippen molar-refractivity contribution in [2.45, 2.75) is 0 Å². The number of halogens is 10. The first-order valence-electron chi connectivity index (χ1n) is 6.44. The van der Waals surface area contributed by atoms with Crippen LogP contribution in [-0.2, 0) is 9.09 Å². The summed E-state index contributed by atoms with van der Waals surface area (Å²) in [6.45, 7) is 0. The average molecular weight is 444 g/mol. The number of benzene rings is 2. The first-order valence-corrected chi connectivity index (χ1v) is 7.90. The van der Waals surface area contributed by atoms with E-state index in [9.17, 15) is 48.5 Å². The predicted molar refractivity (Wildman–Crippen MR) is 68.3 cm³/mol. The summed E-state index contributed by atoms with van der Waals surface area (Å²) >= 11 is 0. The molecule has 28 heavy (non-hydrogen) atoms. The highest BCUT2D eigenvalue weighted by Gasteiger charge is 2.39. The van der Waals surface area contributed by atoms with Gasteiger partial charge < -0.3 is 9.05 Å². The van der Waals surface area contributed by atoms with Crippen molar-refractivity contribution in [3.63, 3.8) is 0 Å². The molecule has 0 heterocycles. The fraction of sp³-hybridized carbons (Fsp3) is 0.0769. The summed E-state index contributed by atoms with van der Waals surface area (Å²) in [6, 6.07) is 0. The monoisotopic (exact) mass is 444 g/mol. The Labute approximate surface area is 147 Å². The molecule has 0 atom stereocenters. The van der Waals surface area contributed by atoms with Crippen LogP contribution in [-0.4, -0.2) is 7.11 Å². The molecule has 0 unspecified atom stereocenters. The van der Waals surface area contributed by atoms with Gasteiger partial charge in [-0.2, -0.15) is 17.6 Å². The van der Waals surface area contributed by atoms with Crippen molar-refractivity contribution >= 4 is 7.82 Å². The molecule has 0 aliphatic carbocycles. The molecule has 4 nitrogen and oxygen atoms in total. The van der Waals surface area contributed by atoms with E-state index in [2.05, 4.69) is 13.6 Å². The lowest BCUT2D eigenvalue weighted by Crippen LogP contribution is -2.12. The number of rotatable bonds is 5. The van der Waals surface area contributed by atoms with E-state index < -0.39 is 77.5 Å². The quantitative estimate of drug-likeness (QED) is 0.272. The number of phosphoric acid groups is 1. The summed E-state index contributed by atoms with van der Waals surface area (Å²) in [7, 11) is -5.39. The summed E-state index contributed by atoms with van der Waals surface area (Å²) in [6.07, 6.45) is 0. The lowest BCUT2D eigenvalue weighted by Gasteiger charge is -2.19. The molecule has 0 N–H and O–H groups in total. The zero-order valence-electron chi connectivity index (χ0n) is 12.9. The van der Waals surface area contributed by atoms with Gasteiger partial charge in [-0.3, -0.25) is 4.52 Å². The normalized spacial score (nSPS) is 11.7. The van der Waals surface area contributed by atoms with Crippen LogP contribution in [0.3, 0.4) is 0 Å². The predicted octanol–water partition coefficient (Wildman–Crippen LogP) is 5.29. The van der Waals surface area contributed by atoms with Gasteiger partial charge in [-0.15, -0.1) is 0 Å². The van der Waals surface area contributed by atoms with Gasteiger partial charge in [0.25, 0.3) is 0 Å². The largest absolute Gasteiger partial charge is 0.587 e. The Balaban J connectivity index is 2.57. The Morgan fingerprint density at radius 1 is 0.500 bits per heavy atom. The summed E-state index contributed by atoms with van der Waals surface area (Å²) in [5.74, 6) is -30.8. The van der Waals surface area contributed by atoms with Crippen molar-refractivity contribution in [2.24, 2.45) is 0 Å². The molecule has 0 aromatic heterocycles. The van der Waals surface area contributed by atoms with Crippen LogP contribution >= 0.6 is 7.82 Å². The fourth-order valence-electron chi connectivity index (χ4n) is 1.65. The molecular weight excluding hydrogens is 441 g/mol. The molecule has 2 aromatic rings. The van der Waals surface area contributed by atoms with Crippen molar-refractivity contribution in [2.75, 3.05) is 7.11 Å². The first-order chi connectivity index (χ1) is 12.9. The number of hydrogen-bond donors (Lipinski definition) is 0. The topological polar surface area (TPSA) is 44.8 Å². The minimum absolute atomic E-state index is 0.346. The third-order valence-corrected chi connectivity index (χ3v) is 4.23. The van der Waals surface area contributed by atoms with Crippen LogP contribution in [0.1, 0.15) is 0 Å². The molecule has 154 valence electrons. The molecule has 0 fully saturated rings. The van der Waals surface area contributed by atoms with Gasteiger partial charge in [0.1, 0.15) is 0 Å². The zero-order valence-corrected chi connectivity index (χ0v) is 13.8. The maximum absolute atomic E-state index is 13.6. The van der Waals surface area contributed by atoms with Crippen molar-refractivity contribution < 1.29 is 62.0 Å². The molecular formula is C13H3F10O4P. The highest BCUT2D eigenvalue weighted by atomic mass is 31.2. The van der Waals surface area contributed by atoms with E-state index in [0.29, 0.717) is 7.11 Å². The number of phosphoric ester groups is 1. The van der Waals surface area contributed by atoms with Gasteiger partial charge in [0, 0.05) is 7.11 Å². The third-order valence-electron chi connectivity index (χ3n) is 2.97. The maximum atomic E-state index is 13.6. The molecule has 0 aliphatic heterocycles. The molecule has 0 aliphatic rings. The minimum Gasteiger partial charge on any atom is -0.389 e. The highest BCUT2D eigenvalue weighted by Crippen LogP contribution is 2.52. The van der Waals surface area contributed by atoms with Crippen LogP contribution in [0.15, 0.2) is 0 Å². The first kappa shape index (κ1) is 21.8. The lowest BCUT2D eigenvalue weighted by molar-refractivity contribution is 0.226. The second-order valence-corrected chi connectivity index (χ2v) is 6.24. The summed E-state index contributed by atoms with van der Waals surface area (Å²) < 4.78 is 156. The molecule has 0 spiro atoms. The molecule has 0 radical (unpaired) electrons. The maximum Gasteiger partial charge on any atom is 0.587 e. The van der Waals surface area contributed by atoms with Crippen LogP contribution in [0.4, 0.5) is 43.9 Å². The van der Waals surface area contributed by atoms with E-state index in [0.717, 1.165) is 0 Å². The molecule has 0 saturated heterocycles. The van der Waals surface area contributed by atoms with Gasteiger partial charge >= 0.3 is 7.82 Å². The second kappa shape index (κ2) is 7.51. The standard InChI is InChI=1S/C13H3F10O4P/c1-25-28(24,26-12-8(20)4(16)2(14)5(17)9(12)21)27-13-10(22)6(18)3(15)7(19)11(13)23/h1H3. The molecule has 0 amide bonds. The zero-order chi connectivity index (χ0) is 21.5. The number of hydrogen-bond acceptors (Lipinski definition) is 4. The second-order valence-electron chi connectivity index (χ2n) is 4.61. The Morgan fingerprint density at radius 2 is 0.714 bits per heavy atom. The van der Waals surface area contributed by atoms with Gasteiger partial charge in [0.05, 0.1) is 0 Å². The Hall–Kier alpha value is -2.47. The summed E-state index contributed by atoms with van der Waals surface area (Å²) in [5, 5.41) is 0. The molecule has 15 heteroatoms. The molecule has 2 rings (SSSR count). The Kier molecular flexibility index (Phi) is 5.85. The van der Waals surface area contributed by atoms with Gasteiger partial charge in [0.15, 0.2) is 0 Å². The van der Waals surface area contributed by atoms with Crippen LogP contribution in [0.25, 0.3) is 0 Å². The van der Waals surface area contributed by atoms with E-state index in [1.54, 1.807) is 0 Å². The summed E-state index contributed by atoms with van der Waals surface area (Å²) in [5.41, 5.74) is 0. The SMILES string of the molecule is COP(=O)(Oc1c(F)c(F)c(F)c(F)c1F)Oc1c(F)c(F)c(F)c(F)c1F. The van der Waals surface area contributed by atoms with Gasteiger partial charge in [-0.25, -0.2) is 30.9 Å². The van der Waals surface area contributed by atoms with E-state index >= 15 is 0 Å². The molecule has 2 aromatic carbocycles. The van der Waals surface area contributed by atoms with E-state index in [1.165, 1.54) is 0 Å². The van der Waals surface area contributed by atoms with Crippen LogP contribution in [0.2, 0.25) is 0 Å². The van der Waals surface area contributed by atoms with Crippen LogP contribution < -0.4 is 9.05 Å². The average Bonchev–Trinajstić information content (AvgIpc) is 2.68. The lowest BCUT2D eigenvalue weighted by atomic mass is 10.3. The van der Waals surface area contributed by atoms with Crippen molar-refractivity contribution in [1.82, 2.24) is 0 Å². The van der Waals surface area contributed by atoms with Gasteiger partial charge in [0.2, 0.25) is 69.7 Å². The highest BCUT2D eigenvalue weighted by molar-refractivity contribution is 7.49. The molecule has 0 saturated carbocycles. The Morgan fingerprint density at radius 3 is 0.929 bits per heavy atom. The summed E-state index contributed by atoms with van der Waals surface area (Å²) in [4.78, 5) is 0. The van der Waals surface area contributed by atoms with Crippen molar-refractivity contribution in [3.8, 4) is 11.5 Å². The van der Waals surface area contributed by atoms with Crippen molar-refractivity contribution in [3.05, 3.63) is 58.2 Å². The van der Waals surface area contributed by atoms with Crippen LogP contribution in [0.5, 0.6) is 11.5 Å². The van der Waals surface area contributed by atoms with Crippen molar-refractivity contribution in [1.29, 1.82) is 0 Å². The van der Waals surface area contributed by atoms with E-state index in [1.807, 2.05) is 0 Å². The minimum atomic E-state index is -5.73. The Bertz CT molecular complexity index is 878. The van der Waals surface area contributed by atoms with Crippen LogP contribution in [0, 0.1) is 58.2 Å². The fourth-order valence-corrected chi connectivity index (χ4v) is 2.60. The van der Waals surface area contributed by atoms with Gasteiger partial charge in [-0.1, -0.05) is 0 Å². The van der Waals surface area contributed by atoms with E-state index in [4.69, 9.17) is 0 Å². The van der Waals surface area contributed by atoms with E-state index in [-0.39, 0.29) is 0 Å². The third kappa shape index (κ3) is 3.49. The molecule has 0 bridgehead atoms.